The number of aliphatic hydroxyl groups excluding tert-OH is 3. The number of nitrogens with zero attached hydrogens (tertiary/aromatic N) is 1. The van der Waals surface area contributed by atoms with Gasteiger partial charge in [-0.1, -0.05) is 159 Å². The van der Waals surface area contributed by atoms with Gasteiger partial charge in [-0.05, 0) is 25.7 Å². The average Bonchev–Trinajstić information content (AvgIpc) is 3.15. The predicted molar refractivity (Wildman–Crippen MR) is 228 cm³/mol. The van der Waals surface area contributed by atoms with Crippen molar-refractivity contribution in [2.24, 2.45) is 0 Å². The fraction of sp³-hybridized carbons (Fsp3) is 0.773. The number of hydrogen-bond donors (Lipinski definition) is 4. The van der Waals surface area contributed by atoms with Crippen LogP contribution in [0.4, 0.5) is 0 Å². The largest absolute Gasteiger partial charge is 0.472 e. The van der Waals surface area contributed by atoms with Gasteiger partial charge >= 0.3 is 19.8 Å². The molecule has 0 rings (SSSR count). The highest BCUT2D eigenvalue weighted by Crippen LogP contribution is 2.43. The van der Waals surface area contributed by atoms with Gasteiger partial charge in [-0.25, -0.2) is 4.57 Å². The van der Waals surface area contributed by atoms with Crippen molar-refractivity contribution >= 4 is 19.8 Å². The van der Waals surface area contributed by atoms with Gasteiger partial charge in [0.15, 0.2) is 6.10 Å². The standard InChI is InChI=1S/C44H80NO11P/c1-6-8-10-11-12-13-14-15-16-17-18-23-27-33-43(49)53-37-40(38-55-57(51,52)54-36-35-45(3,4)5)56-44(50)34-28-32-42(48)41(47)31-26-22-20-19-21-25-30-39(46)29-24-9-7-2/h19-22,25-26,30-31,39-42,46-48H,6-18,23-24,27-29,32-38H2,1-5H3/p+1/b21-19-,22-20+,30-25+,31-26+/t39-,40+,41-,42-/m0/s1. The van der Waals surface area contributed by atoms with Crippen molar-refractivity contribution in [2.75, 3.05) is 47.5 Å². The van der Waals surface area contributed by atoms with E-state index in [1.165, 1.54) is 63.9 Å². The maximum Gasteiger partial charge on any atom is 0.472 e. The van der Waals surface area contributed by atoms with Crippen LogP contribution in [0.2, 0.25) is 0 Å². The van der Waals surface area contributed by atoms with E-state index in [0.717, 1.165) is 44.9 Å². The number of rotatable bonds is 38. The molecule has 57 heavy (non-hydrogen) atoms. The first-order valence-electron chi connectivity index (χ1n) is 21.7. The first-order chi connectivity index (χ1) is 27.2. The maximum absolute atomic E-state index is 12.7. The number of unbranched alkanes of at least 4 members (excludes halogenated alkanes) is 14. The maximum atomic E-state index is 12.7. The van der Waals surface area contributed by atoms with Crippen LogP contribution in [0.5, 0.6) is 0 Å². The summed E-state index contributed by atoms with van der Waals surface area (Å²) in [6.07, 6.45) is 29.6. The summed E-state index contributed by atoms with van der Waals surface area (Å²) in [5.74, 6) is -1.13. The van der Waals surface area contributed by atoms with E-state index in [4.69, 9.17) is 18.5 Å². The van der Waals surface area contributed by atoms with E-state index in [1.54, 1.807) is 42.5 Å². The second-order valence-corrected chi connectivity index (χ2v) is 17.4. The van der Waals surface area contributed by atoms with E-state index in [2.05, 4.69) is 13.8 Å². The third kappa shape index (κ3) is 37.8. The lowest BCUT2D eigenvalue weighted by atomic mass is 10.0. The van der Waals surface area contributed by atoms with Crippen molar-refractivity contribution in [3.05, 3.63) is 48.6 Å². The number of hydrogen-bond acceptors (Lipinski definition) is 10. The Morgan fingerprint density at radius 1 is 0.614 bits per heavy atom. The topological polar surface area (TPSA) is 169 Å². The summed E-state index contributed by atoms with van der Waals surface area (Å²) in [6.45, 7) is 3.90. The Hall–Kier alpha value is -2.15. The average molecular weight is 831 g/mol. The van der Waals surface area contributed by atoms with Gasteiger partial charge in [0.25, 0.3) is 0 Å². The molecule has 0 bridgehead atoms. The van der Waals surface area contributed by atoms with Crippen molar-refractivity contribution < 1.29 is 57.4 Å². The Labute approximate surface area is 345 Å². The van der Waals surface area contributed by atoms with Crippen LogP contribution in [0, 0.1) is 0 Å². The molecule has 0 saturated carbocycles. The summed E-state index contributed by atoms with van der Waals surface area (Å²) in [6, 6.07) is 0. The van der Waals surface area contributed by atoms with Gasteiger partial charge in [0.1, 0.15) is 19.8 Å². The van der Waals surface area contributed by atoms with Gasteiger partial charge in [0.05, 0.1) is 46.1 Å². The normalized spacial score (nSPS) is 15.7. The molecule has 0 saturated heterocycles. The lowest BCUT2D eigenvalue weighted by Crippen LogP contribution is -2.37. The van der Waals surface area contributed by atoms with Gasteiger partial charge in [-0.2, -0.15) is 0 Å². The SMILES string of the molecule is CCCCCCCCCCCCCCCC(=O)OC[C@H](COP(=O)(O)OCC[N+](C)(C)C)OC(=O)CCC[C@H](O)[C@@H](O)/C=C/C=C/C=C\C=C\[C@@H](O)CCCCC. The minimum atomic E-state index is -4.47. The number of esters is 2. The molecule has 0 spiro atoms. The molecule has 0 aromatic rings. The molecular formula is C44H81NO11P+. The minimum absolute atomic E-state index is 0.0325. The molecule has 0 aliphatic carbocycles. The summed E-state index contributed by atoms with van der Waals surface area (Å²) < 4.78 is 34.0. The van der Waals surface area contributed by atoms with Gasteiger partial charge in [0, 0.05) is 12.8 Å². The molecule has 0 aromatic heterocycles. The molecular weight excluding hydrogens is 749 g/mol. The van der Waals surface area contributed by atoms with Crippen molar-refractivity contribution in [3.63, 3.8) is 0 Å². The highest BCUT2D eigenvalue weighted by Gasteiger charge is 2.27. The molecule has 4 N–H and O–H groups in total. The molecule has 1 unspecified atom stereocenters. The zero-order chi connectivity index (χ0) is 42.6. The van der Waals surface area contributed by atoms with Gasteiger partial charge < -0.3 is 34.2 Å². The van der Waals surface area contributed by atoms with Crippen molar-refractivity contribution in [1.29, 1.82) is 0 Å². The smallest absolute Gasteiger partial charge is 0.462 e. The summed E-state index contributed by atoms with van der Waals surface area (Å²) in [5, 5.41) is 30.6. The first-order valence-corrected chi connectivity index (χ1v) is 23.2. The van der Waals surface area contributed by atoms with Crippen LogP contribution in [0.15, 0.2) is 48.6 Å². The number of quaternary nitrogens is 1. The Kier molecular flexibility index (Phi) is 34.4. The molecule has 12 nitrogen and oxygen atoms in total. The Morgan fingerprint density at radius 3 is 1.70 bits per heavy atom. The van der Waals surface area contributed by atoms with E-state index in [1.807, 2.05) is 21.1 Å². The van der Waals surface area contributed by atoms with E-state index >= 15 is 0 Å². The quantitative estimate of drug-likeness (QED) is 0.0154. The first kappa shape index (κ1) is 54.9. The number of aliphatic hydroxyl groups is 3. The molecule has 5 atom stereocenters. The molecule has 0 amide bonds. The molecule has 0 fully saturated rings. The summed E-state index contributed by atoms with van der Waals surface area (Å²) in [4.78, 5) is 35.4. The van der Waals surface area contributed by atoms with E-state index < -0.39 is 50.8 Å². The van der Waals surface area contributed by atoms with Crippen LogP contribution < -0.4 is 0 Å². The van der Waals surface area contributed by atoms with Crippen LogP contribution in [0.3, 0.4) is 0 Å². The number of phosphoric acid groups is 1. The molecule has 13 heteroatoms. The van der Waals surface area contributed by atoms with Gasteiger partial charge in [-0.3, -0.25) is 18.6 Å². The van der Waals surface area contributed by atoms with E-state index in [9.17, 15) is 34.4 Å². The molecule has 332 valence electrons. The number of likely N-dealkylation sites (N-methyl/N-ethyl adjacent to an activating group) is 1. The number of carbonyl (C=O) groups is 2. The molecule has 0 heterocycles. The third-order valence-corrected chi connectivity index (χ3v) is 10.2. The number of allylic oxidation sites excluding steroid dienone is 6. The zero-order valence-corrected chi connectivity index (χ0v) is 37.0. The lowest BCUT2D eigenvalue weighted by Gasteiger charge is -2.24. The zero-order valence-electron chi connectivity index (χ0n) is 36.1. The molecule has 0 aromatic carbocycles. The molecule has 0 radical (unpaired) electrons. The van der Waals surface area contributed by atoms with Crippen LogP contribution in [0.25, 0.3) is 0 Å². The fourth-order valence-electron chi connectivity index (χ4n) is 5.63. The highest BCUT2D eigenvalue weighted by atomic mass is 31.2. The van der Waals surface area contributed by atoms with Gasteiger partial charge in [-0.15, -0.1) is 0 Å². The van der Waals surface area contributed by atoms with Crippen LogP contribution in [0.1, 0.15) is 149 Å². The Morgan fingerprint density at radius 2 is 1.12 bits per heavy atom. The van der Waals surface area contributed by atoms with Gasteiger partial charge in [0.2, 0.25) is 0 Å². The minimum Gasteiger partial charge on any atom is -0.462 e. The van der Waals surface area contributed by atoms with Crippen molar-refractivity contribution in [3.8, 4) is 0 Å². The summed E-state index contributed by atoms with van der Waals surface area (Å²) >= 11 is 0. The van der Waals surface area contributed by atoms with E-state index in [0.29, 0.717) is 17.4 Å². The second-order valence-electron chi connectivity index (χ2n) is 16.0. The Bertz CT molecular complexity index is 1170. The number of phosphoric ester groups is 1. The third-order valence-electron chi connectivity index (χ3n) is 9.23. The predicted octanol–water partition coefficient (Wildman–Crippen LogP) is 8.82. The fourth-order valence-corrected chi connectivity index (χ4v) is 6.37. The monoisotopic (exact) mass is 831 g/mol. The molecule has 0 aliphatic heterocycles. The summed E-state index contributed by atoms with van der Waals surface area (Å²) in [7, 11) is 1.26. The molecule has 0 aliphatic rings. The van der Waals surface area contributed by atoms with Crippen molar-refractivity contribution in [1.82, 2.24) is 0 Å². The van der Waals surface area contributed by atoms with Crippen molar-refractivity contribution in [2.45, 2.75) is 173 Å². The number of ether oxygens (including phenoxy) is 2. The van der Waals surface area contributed by atoms with Crippen LogP contribution >= 0.6 is 7.82 Å². The number of carbonyl (C=O) groups excluding carboxylic acids is 2. The lowest BCUT2D eigenvalue weighted by molar-refractivity contribution is -0.870. The van der Waals surface area contributed by atoms with Crippen LogP contribution in [-0.2, 0) is 32.7 Å². The van der Waals surface area contributed by atoms with Crippen LogP contribution in [-0.4, -0.2) is 109 Å². The van der Waals surface area contributed by atoms with E-state index in [-0.39, 0.29) is 38.9 Å². The second kappa shape index (κ2) is 35.8. The summed E-state index contributed by atoms with van der Waals surface area (Å²) in [5.41, 5.74) is 0. The highest BCUT2D eigenvalue weighted by molar-refractivity contribution is 7.47. The Balaban J connectivity index is 4.73.